The Labute approximate surface area is 77.8 Å². The molecule has 1 heterocycles. The van der Waals surface area contributed by atoms with E-state index in [1.165, 1.54) is 0 Å². The van der Waals surface area contributed by atoms with Gasteiger partial charge < -0.3 is 14.9 Å². The molecular weight excluding hydrogens is 170 g/mol. The van der Waals surface area contributed by atoms with Crippen molar-refractivity contribution in [1.29, 1.82) is 0 Å². The van der Waals surface area contributed by atoms with Crippen LogP contribution in [0.25, 0.3) is 0 Å². The molecule has 0 unspecified atom stereocenters. The topological polar surface area (TPSA) is 62.6 Å². The minimum Gasteiger partial charge on any atom is -0.394 e. The molecule has 0 spiro atoms. The van der Waals surface area contributed by atoms with Crippen LogP contribution in [0.15, 0.2) is 24.4 Å². The number of nitrogens with zero attached hydrogens (tertiary/aromatic N) is 1. The van der Waals surface area contributed by atoms with Crippen molar-refractivity contribution in [3.8, 4) is 0 Å². The lowest BCUT2D eigenvalue weighted by atomic mass is 10.4. The maximum Gasteiger partial charge on any atom is 0.0852 e. The summed E-state index contributed by atoms with van der Waals surface area (Å²) >= 11 is 0. The largest absolute Gasteiger partial charge is 0.394 e. The summed E-state index contributed by atoms with van der Waals surface area (Å²) in [6.45, 7) is 0.595. The maximum atomic E-state index is 8.48. The van der Waals surface area contributed by atoms with Gasteiger partial charge in [0.05, 0.1) is 25.5 Å². The van der Waals surface area contributed by atoms with Gasteiger partial charge in [-0.05, 0) is 12.1 Å². The van der Waals surface area contributed by atoms with E-state index in [4.69, 9.17) is 10.2 Å². The molecule has 0 radical (unpaired) electrons. The van der Waals surface area contributed by atoms with E-state index in [-0.39, 0.29) is 13.2 Å². The summed E-state index contributed by atoms with van der Waals surface area (Å²) in [5, 5.41) is 16.4. The van der Waals surface area contributed by atoms with Crippen LogP contribution in [0.2, 0.25) is 0 Å². The van der Waals surface area contributed by atoms with Crippen LogP contribution >= 0.6 is 0 Å². The molecule has 0 aliphatic rings. The molecule has 1 aromatic rings. The second kappa shape index (κ2) is 9.12. The van der Waals surface area contributed by atoms with Crippen LogP contribution in [0.3, 0.4) is 0 Å². The zero-order valence-electron chi connectivity index (χ0n) is 7.68. The van der Waals surface area contributed by atoms with Gasteiger partial charge in [-0.2, -0.15) is 0 Å². The molecule has 0 saturated carbocycles. The lowest BCUT2D eigenvalue weighted by Gasteiger charge is -1.88. The van der Waals surface area contributed by atoms with Crippen molar-refractivity contribution in [3.63, 3.8) is 0 Å². The van der Waals surface area contributed by atoms with E-state index in [2.05, 4.69) is 9.72 Å². The zero-order chi connectivity index (χ0) is 9.94. The summed E-state index contributed by atoms with van der Waals surface area (Å²) in [6, 6.07) is 5.44. The first-order valence-corrected chi connectivity index (χ1v) is 3.95. The van der Waals surface area contributed by atoms with Crippen molar-refractivity contribution in [2.24, 2.45) is 0 Å². The van der Waals surface area contributed by atoms with Gasteiger partial charge in [-0.3, -0.25) is 4.98 Å². The van der Waals surface area contributed by atoms with E-state index < -0.39 is 0 Å². The second-order valence-electron chi connectivity index (χ2n) is 2.20. The summed E-state index contributed by atoms with van der Waals surface area (Å²) in [7, 11) is 1.55. The van der Waals surface area contributed by atoms with E-state index in [0.29, 0.717) is 12.3 Å². The molecule has 0 aliphatic carbocycles. The van der Waals surface area contributed by atoms with Crippen molar-refractivity contribution >= 4 is 0 Å². The molecule has 13 heavy (non-hydrogen) atoms. The fourth-order valence-corrected chi connectivity index (χ4v) is 0.583. The van der Waals surface area contributed by atoms with Gasteiger partial charge in [0.2, 0.25) is 0 Å². The van der Waals surface area contributed by atoms with Crippen molar-refractivity contribution in [2.45, 2.75) is 6.61 Å². The molecule has 0 fully saturated rings. The number of hydrogen-bond donors (Lipinski definition) is 2. The Hall–Kier alpha value is -0.970. The average molecular weight is 185 g/mol. The van der Waals surface area contributed by atoms with E-state index in [9.17, 15) is 0 Å². The predicted molar refractivity (Wildman–Crippen MR) is 49.1 cm³/mol. The summed E-state index contributed by atoms with van der Waals surface area (Å²) in [6.07, 6.45) is 1.66. The highest BCUT2D eigenvalue weighted by atomic mass is 16.5. The van der Waals surface area contributed by atoms with Crippen molar-refractivity contribution < 1.29 is 14.9 Å². The average Bonchev–Trinajstić information content (AvgIpc) is 2.21. The summed E-state index contributed by atoms with van der Waals surface area (Å²) in [4.78, 5) is 3.85. The Balaban J connectivity index is 0.000000252. The number of aliphatic hydroxyl groups is 2. The standard InChI is InChI=1S/C6H7NO.C3H8O2/c8-5-6-3-1-2-4-7-6;1-5-3-2-4/h1-4,8H,5H2;4H,2-3H2,1H3. The second-order valence-corrected chi connectivity index (χ2v) is 2.20. The highest BCUT2D eigenvalue weighted by molar-refractivity contribution is 5.01. The smallest absolute Gasteiger partial charge is 0.0852 e. The lowest BCUT2D eigenvalue weighted by molar-refractivity contribution is 0.135. The fraction of sp³-hybridized carbons (Fsp3) is 0.444. The van der Waals surface area contributed by atoms with E-state index in [1.807, 2.05) is 12.1 Å². The number of hydrogen-bond acceptors (Lipinski definition) is 4. The fourth-order valence-electron chi connectivity index (χ4n) is 0.583. The minimum absolute atomic E-state index is 0.0286. The van der Waals surface area contributed by atoms with Gasteiger partial charge in [0.1, 0.15) is 0 Å². The first-order valence-electron chi connectivity index (χ1n) is 3.95. The zero-order valence-corrected chi connectivity index (χ0v) is 7.68. The Morgan fingerprint density at radius 1 is 1.38 bits per heavy atom. The van der Waals surface area contributed by atoms with Crippen molar-refractivity contribution in [1.82, 2.24) is 4.98 Å². The summed E-state index contributed by atoms with van der Waals surface area (Å²) < 4.78 is 4.44. The Morgan fingerprint density at radius 3 is 2.38 bits per heavy atom. The van der Waals surface area contributed by atoms with Gasteiger partial charge in [-0.25, -0.2) is 0 Å². The number of ether oxygens (including phenoxy) is 1. The number of pyridine rings is 1. The van der Waals surface area contributed by atoms with E-state index in [0.717, 1.165) is 0 Å². The lowest BCUT2D eigenvalue weighted by Crippen LogP contribution is -1.91. The molecule has 4 heteroatoms. The van der Waals surface area contributed by atoms with Crippen LogP contribution in [0, 0.1) is 0 Å². The predicted octanol–water partition coefficient (Wildman–Crippen LogP) is 0.199. The third-order valence-corrected chi connectivity index (χ3v) is 1.18. The van der Waals surface area contributed by atoms with E-state index >= 15 is 0 Å². The van der Waals surface area contributed by atoms with Crippen molar-refractivity contribution in [2.75, 3.05) is 20.3 Å². The minimum atomic E-state index is 0.0286. The van der Waals surface area contributed by atoms with Crippen LogP contribution < -0.4 is 0 Å². The van der Waals surface area contributed by atoms with E-state index in [1.54, 1.807) is 19.4 Å². The highest BCUT2D eigenvalue weighted by Gasteiger charge is 1.82. The molecule has 0 atom stereocenters. The van der Waals surface area contributed by atoms with Gasteiger partial charge in [-0.15, -0.1) is 0 Å². The molecule has 0 bridgehead atoms. The first kappa shape index (κ1) is 12.0. The Bertz CT molecular complexity index is 189. The monoisotopic (exact) mass is 185 g/mol. The Morgan fingerprint density at radius 2 is 2.15 bits per heavy atom. The van der Waals surface area contributed by atoms with Crippen LogP contribution in [-0.4, -0.2) is 35.5 Å². The first-order chi connectivity index (χ1) is 6.35. The van der Waals surface area contributed by atoms with Gasteiger partial charge in [0.15, 0.2) is 0 Å². The number of aromatic nitrogens is 1. The molecule has 4 nitrogen and oxygen atoms in total. The third kappa shape index (κ3) is 7.39. The number of rotatable bonds is 3. The molecule has 0 aromatic carbocycles. The molecule has 1 aromatic heterocycles. The third-order valence-electron chi connectivity index (χ3n) is 1.18. The van der Waals surface area contributed by atoms with Crippen molar-refractivity contribution in [3.05, 3.63) is 30.1 Å². The summed E-state index contributed by atoms with van der Waals surface area (Å²) in [5.74, 6) is 0. The maximum absolute atomic E-state index is 8.48. The summed E-state index contributed by atoms with van der Waals surface area (Å²) in [5.41, 5.74) is 0.715. The van der Waals surface area contributed by atoms with Gasteiger partial charge in [-0.1, -0.05) is 6.07 Å². The molecule has 1 rings (SSSR count). The quantitative estimate of drug-likeness (QED) is 0.706. The van der Waals surface area contributed by atoms with Gasteiger partial charge >= 0.3 is 0 Å². The van der Waals surface area contributed by atoms with Crippen LogP contribution in [0.1, 0.15) is 5.69 Å². The molecule has 0 amide bonds. The molecule has 2 N–H and O–H groups in total. The molecular formula is C9H15NO3. The van der Waals surface area contributed by atoms with Crippen LogP contribution in [0.4, 0.5) is 0 Å². The van der Waals surface area contributed by atoms with Gasteiger partial charge in [0.25, 0.3) is 0 Å². The highest BCUT2D eigenvalue weighted by Crippen LogP contribution is 1.89. The van der Waals surface area contributed by atoms with Gasteiger partial charge in [0, 0.05) is 13.3 Å². The number of aliphatic hydroxyl groups excluding tert-OH is 2. The van der Waals surface area contributed by atoms with Crippen LogP contribution in [-0.2, 0) is 11.3 Å². The number of methoxy groups -OCH3 is 1. The molecule has 0 saturated heterocycles. The Kier molecular flexibility index (Phi) is 8.44. The normalized spacial score (nSPS) is 8.85. The molecule has 0 aliphatic heterocycles. The van der Waals surface area contributed by atoms with Crippen LogP contribution in [0.5, 0.6) is 0 Å². The molecule has 74 valence electrons. The SMILES string of the molecule is COCCO.OCc1ccccn1.